The molecule has 128 valence electrons. The summed E-state index contributed by atoms with van der Waals surface area (Å²) in [5.41, 5.74) is 1.64. The van der Waals surface area contributed by atoms with E-state index in [4.69, 9.17) is 0 Å². The highest BCUT2D eigenvalue weighted by Crippen LogP contribution is 2.34. The molecule has 3 rings (SSSR count). The summed E-state index contributed by atoms with van der Waals surface area (Å²) in [5.74, 6) is -0.169. The van der Waals surface area contributed by atoms with Gasteiger partial charge in [-0.2, -0.15) is 5.10 Å². The first kappa shape index (κ1) is 16.5. The van der Waals surface area contributed by atoms with E-state index in [1.54, 1.807) is 40.0 Å². The van der Waals surface area contributed by atoms with Crippen LogP contribution in [0, 0.1) is 0 Å². The molecule has 0 bridgehead atoms. The Bertz CT molecular complexity index is 860. The number of fused-ring (bicyclic) bond motifs is 1. The predicted octanol–water partition coefficient (Wildman–Crippen LogP) is 1.72. The summed E-state index contributed by atoms with van der Waals surface area (Å²) in [6, 6.07) is 8.79. The number of rotatable bonds is 3. The van der Waals surface area contributed by atoms with E-state index < -0.39 is 10.0 Å². The fraction of sp³-hybridized carbons (Fsp3) is 0.375. The molecule has 2 aromatic rings. The lowest BCUT2D eigenvalue weighted by Crippen LogP contribution is -2.33. The molecule has 24 heavy (non-hydrogen) atoms. The average Bonchev–Trinajstić information content (AvgIpc) is 2.93. The minimum Gasteiger partial charge on any atom is -0.305 e. The average molecular weight is 348 g/mol. The van der Waals surface area contributed by atoms with Crippen LogP contribution in [-0.4, -0.2) is 43.5 Å². The number of aromatic nitrogens is 2. The molecule has 0 aliphatic carbocycles. The molecule has 0 radical (unpaired) electrons. The molecule has 7 nitrogen and oxygen atoms in total. The maximum atomic E-state index is 13.0. The molecule has 0 saturated heterocycles. The number of para-hydroxylation sites is 2. The zero-order chi connectivity index (χ0) is 17.3. The minimum atomic E-state index is -3.40. The van der Waals surface area contributed by atoms with Crippen LogP contribution in [0.15, 0.2) is 36.5 Å². The number of hydrogen-bond acceptors (Lipinski definition) is 4. The summed E-state index contributed by atoms with van der Waals surface area (Å²) in [6.07, 6.45) is 3.35. The van der Waals surface area contributed by atoms with E-state index in [2.05, 4.69) is 5.10 Å². The second-order valence-corrected chi connectivity index (χ2v) is 7.57. The fourth-order valence-electron chi connectivity index (χ4n) is 2.98. The topological polar surface area (TPSA) is 75.5 Å². The summed E-state index contributed by atoms with van der Waals surface area (Å²) >= 11 is 0. The zero-order valence-corrected chi connectivity index (χ0v) is 14.5. The van der Waals surface area contributed by atoms with Gasteiger partial charge in [-0.15, -0.1) is 0 Å². The fourth-order valence-corrected chi connectivity index (χ4v) is 3.95. The molecular weight excluding hydrogens is 328 g/mol. The van der Waals surface area contributed by atoms with Crippen LogP contribution >= 0.6 is 0 Å². The number of carbonyl (C=O) groups excluding carboxylic acids is 1. The number of hydrogen-bond donors (Lipinski definition) is 0. The number of sulfonamides is 1. The molecule has 8 heteroatoms. The van der Waals surface area contributed by atoms with Crippen LogP contribution in [0.25, 0.3) is 0 Å². The Morgan fingerprint density at radius 1 is 1.17 bits per heavy atom. The highest BCUT2D eigenvalue weighted by atomic mass is 32.2. The summed E-state index contributed by atoms with van der Waals surface area (Å²) in [4.78, 5) is 14.7. The van der Waals surface area contributed by atoms with Gasteiger partial charge in [0.15, 0.2) is 0 Å². The van der Waals surface area contributed by atoms with Crippen LogP contribution in [0.1, 0.15) is 23.8 Å². The zero-order valence-electron chi connectivity index (χ0n) is 13.7. The molecular formula is C16H20N4O3S. The maximum Gasteiger partial charge on any atom is 0.276 e. The molecule has 0 atom stereocenters. The Labute approximate surface area is 141 Å². The summed E-state index contributed by atoms with van der Waals surface area (Å²) in [7, 11) is -3.40. The van der Waals surface area contributed by atoms with Crippen molar-refractivity contribution in [2.45, 2.75) is 19.9 Å². The standard InChI is InChI=1S/C16H20N4O3S/c1-3-19-15(9-10-17-19)16(21)18-11-6-12-20(24(2,22)23)14-8-5-4-7-13(14)18/h4-5,7-10H,3,6,11-12H2,1-2H3. The molecule has 0 unspecified atom stereocenters. The normalized spacial score (nSPS) is 15.1. The van der Waals surface area contributed by atoms with E-state index in [0.29, 0.717) is 43.1 Å². The third-order valence-corrected chi connectivity index (χ3v) is 5.24. The van der Waals surface area contributed by atoms with Crippen molar-refractivity contribution in [1.82, 2.24) is 9.78 Å². The van der Waals surface area contributed by atoms with Gasteiger partial charge in [0, 0.05) is 25.8 Å². The van der Waals surface area contributed by atoms with Gasteiger partial charge in [-0.3, -0.25) is 13.8 Å². The van der Waals surface area contributed by atoms with Gasteiger partial charge in [0.25, 0.3) is 5.91 Å². The van der Waals surface area contributed by atoms with Crippen molar-refractivity contribution in [2.24, 2.45) is 0 Å². The van der Waals surface area contributed by atoms with Gasteiger partial charge in [-0.25, -0.2) is 8.42 Å². The monoisotopic (exact) mass is 348 g/mol. The number of anilines is 2. The molecule has 1 aromatic heterocycles. The highest BCUT2D eigenvalue weighted by Gasteiger charge is 2.30. The quantitative estimate of drug-likeness (QED) is 0.846. The van der Waals surface area contributed by atoms with Gasteiger partial charge in [0.05, 0.1) is 17.6 Å². The third kappa shape index (κ3) is 2.89. The molecule has 0 spiro atoms. The second-order valence-electron chi connectivity index (χ2n) is 5.67. The summed E-state index contributed by atoms with van der Waals surface area (Å²) in [6.45, 7) is 3.33. The number of aryl methyl sites for hydroxylation is 1. The molecule has 1 aromatic carbocycles. The summed E-state index contributed by atoms with van der Waals surface area (Å²) in [5, 5.41) is 4.15. The van der Waals surface area contributed by atoms with Crippen LogP contribution < -0.4 is 9.21 Å². The molecule has 0 saturated carbocycles. The lowest BCUT2D eigenvalue weighted by molar-refractivity contribution is 0.0977. The molecule has 0 N–H and O–H groups in total. The smallest absolute Gasteiger partial charge is 0.276 e. The first-order valence-corrected chi connectivity index (χ1v) is 9.68. The van der Waals surface area contributed by atoms with Crippen LogP contribution in [0.2, 0.25) is 0 Å². The van der Waals surface area contributed by atoms with Crippen LogP contribution in [0.3, 0.4) is 0 Å². The number of carbonyl (C=O) groups is 1. The lowest BCUT2D eigenvalue weighted by Gasteiger charge is -2.25. The SMILES string of the molecule is CCn1nccc1C(=O)N1CCCN(S(C)(=O)=O)c2ccccc21. The van der Waals surface area contributed by atoms with E-state index >= 15 is 0 Å². The first-order valence-electron chi connectivity index (χ1n) is 7.84. The largest absolute Gasteiger partial charge is 0.305 e. The van der Waals surface area contributed by atoms with Crippen molar-refractivity contribution in [2.75, 3.05) is 28.6 Å². The number of amides is 1. The van der Waals surface area contributed by atoms with Crippen LogP contribution in [-0.2, 0) is 16.6 Å². The van der Waals surface area contributed by atoms with Crippen molar-refractivity contribution in [3.63, 3.8) is 0 Å². The highest BCUT2D eigenvalue weighted by molar-refractivity contribution is 7.92. The van der Waals surface area contributed by atoms with E-state index in [9.17, 15) is 13.2 Å². The van der Waals surface area contributed by atoms with Crippen molar-refractivity contribution < 1.29 is 13.2 Å². The van der Waals surface area contributed by atoms with E-state index in [1.807, 2.05) is 13.0 Å². The van der Waals surface area contributed by atoms with Crippen molar-refractivity contribution >= 4 is 27.3 Å². The van der Waals surface area contributed by atoms with Gasteiger partial charge in [-0.1, -0.05) is 12.1 Å². The number of benzene rings is 1. The molecule has 1 aliphatic rings. The van der Waals surface area contributed by atoms with Gasteiger partial charge in [0.1, 0.15) is 5.69 Å². The van der Waals surface area contributed by atoms with Crippen molar-refractivity contribution in [3.05, 3.63) is 42.2 Å². The van der Waals surface area contributed by atoms with Gasteiger partial charge in [0.2, 0.25) is 10.0 Å². The third-order valence-electron chi connectivity index (χ3n) is 4.06. The molecule has 2 heterocycles. The minimum absolute atomic E-state index is 0.169. The van der Waals surface area contributed by atoms with E-state index in [-0.39, 0.29) is 5.91 Å². The Hall–Kier alpha value is -2.35. The van der Waals surface area contributed by atoms with Crippen LogP contribution in [0.4, 0.5) is 11.4 Å². The lowest BCUT2D eigenvalue weighted by atomic mass is 10.2. The Morgan fingerprint density at radius 3 is 2.54 bits per heavy atom. The first-order chi connectivity index (χ1) is 11.4. The predicted molar refractivity (Wildman–Crippen MR) is 92.8 cm³/mol. The van der Waals surface area contributed by atoms with Crippen molar-refractivity contribution in [3.8, 4) is 0 Å². The van der Waals surface area contributed by atoms with Gasteiger partial charge in [-0.05, 0) is 31.5 Å². The molecule has 1 aliphatic heterocycles. The van der Waals surface area contributed by atoms with E-state index in [0.717, 1.165) is 0 Å². The molecule has 0 fully saturated rings. The number of nitrogens with zero attached hydrogens (tertiary/aromatic N) is 4. The second kappa shape index (κ2) is 6.27. The van der Waals surface area contributed by atoms with Crippen LogP contribution in [0.5, 0.6) is 0 Å². The Kier molecular flexibility index (Phi) is 4.31. The summed E-state index contributed by atoms with van der Waals surface area (Å²) < 4.78 is 27.2. The Balaban J connectivity index is 2.07. The van der Waals surface area contributed by atoms with Gasteiger partial charge >= 0.3 is 0 Å². The van der Waals surface area contributed by atoms with Crippen molar-refractivity contribution in [1.29, 1.82) is 0 Å². The molecule has 1 amide bonds. The van der Waals surface area contributed by atoms with E-state index in [1.165, 1.54) is 10.6 Å². The van der Waals surface area contributed by atoms with Gasteiger partial charge < -0.3 is 4.90 Å². The maximum absolute atomic E-state index is 13.0. The Morgan fingerprint density at radius 2 is 1.88 bits per heavy atom.